The first-order valence-corrected chi connectivity index (χ1v) is 5.94. The fraction of sp³-hybridized carbons (Fsp3) is 0.143. The van der Waals surface area contributed by atoms with Crippen LogP contribution in [-0.2, 0) is 0 Å². The molecule has 0 heterocycles. The van der Waals surface area contributed by atoms with E-state index in [0.29, 0.717) is 0 Å². The number of hydrogen-bond acceptors (Lipinski definition) is 4. The van der Waals surface area contributed by atoms with E-state index in [2.05, 4.69) is 10.6 Å². The third kappa shape index (κ3) is 3.07. The molecule has 4 heteroatoms. The van der Waals surface area contributed by atoms with Crippen molar-refractivity contribution in [2.45, 2.75) is 0 Å². The second kappa shape index (κ2) is 5.82. The van der Waals surface area contributed by atoms with Crippen LogP contribution < -0.4 is 22.1 Å². The van der Waals surface area contributed by atoms with Crippen molar-refractivity contribution >= 4 is 22.7 Å². The molecule has 0 aliphatic carbocycles. The predicted molar refractivity (Wildman–Crippen MR) is 78.7 cm³/mol. The van der Waals surface area contributed by atoms with E-state index >= 15 is 0 Å². The van der Waals surface area contributed by atoms with Gasteiger partial charge in [0.25, 0.3) is 0 Å². The van der Waals surface area contributed by atoms with Crippen LogP contribution >= 0.6 is 0 Å². The van der Waals surface area contributed by atoms with Crippen LogP contribution in [0.15, 0.2) is 48.5 Å². The Morgan fingerprint density at radius 2 is 1.06 bits per heavy atom. The Morgan fingerprint density at radius 1 is 0.667 bits per heavy atom. The lowest BCUT2D eigenvalue weighted by Gasteiger charge is -2.11. The zero-order valence-corrected chi connectivity index (χ0v) is 10.2. The molecule has 0 unspecified atom stereocenters. The molecule has 0 aromatic heterocycles. The van der Waals surface area contributed by atoms with Gasteiger partial charge in [-0.3, -0.25) is 0 Å². The fourth-order valence-corrected chi connectivity index (χ4v) is 1.71. The van der Waals surface area contributed by atoms with Gasteiger partial charge < -0.3 is 22.1 Å². The summed E-state index contributed by atoms with van der Waals surface area (Å²) < 4.78 is 0. The molecule has 4 nitrogen and oxygen atoms in total. The number of nitrogens with one attached hydrogen (secondary N) is 2. The standard InChI is InChI=1S/C14H18N4/c15-11-5-1-3-7-13(11)17-9-10-18-14-8-4-2-6-12(14)16/h1-8,17-18H,9-10,15-16H2. The van der Waals surface area contributed by atoms with E-state index in [-0.39, 0.29) is 0 Å². The lowest BCUT2D eigenvalue weighted by molar-refractivity contribution is 1.08. The quantitative estimate of drug-likeness (QED) is 0.479. The van der Waals surface area contributed by atoms with Crippen molar-refractivity contribution in [2.75, 3.05) is 35.2 Å². The molecule has 6 N–H and O–H groups in total. The molecule has 2 rings (SSSR count). The maximum absolute atomic E-state index is 5.84. The minimum absolute atomic E-state index is 0.761. The molecule has 2 aromatic rings. The summed E-state index contributed by atoms with van der Waals surface area (Å²) in [6.45, 7) is 1.56. The molecule has 18 heavy (non-hydrogen) atoms. The van der Waals surface area contributed by atoms with Crippen molar-refractivity contribution < 1.29 is 0 Å². The Hall–Kier alpha value is -2.36. The van der Waals surface area contributed by atoms with E-state index in [1.54, 1.807) is 0 Å². The Morgan fingerprint density at radius 3 is 1.44 bits per heavy atom. The van der Waals surface area contributed by atoms with E-state index in [9.17, 15) is 0 Å². The molecule has 0 saturated heterocycles. The summed E-state index contributed by atoms with van der Waals surface area (Å²) in [5.41, 5.74) is 15.1. The Labute approximate surface area is 107 Å². The van der Waals surface area contributed by atoms with Crippen LogP contribution in [-0.4, -0.2) is 13.1 Å². The number of benzene rings is 2. The number of nitrogen functional groups attached to an aromatic ring is 2. The zero-order chi connectivity index (χ0) is 12.8. The molecule has 2 aromatic carbocycles. The predicted octanol–water partition coefficient (Wildman–Crippen LogP) is 2.38. The van der Waals surface area contributed by atoms with Crippen molar-refractivity contribution in [3.63, 3.8) is 0 Å². The monoisotopic (exact) mass is 242 g/mol. The van der Waals surface area contributed by atoms with Gasteiger partial charge in [0.2, 0.25) is 0 Å². The second-order valence-corrected chi connectivity index (χ2v) is 4.03. The van der Waals surface area contributed by atoms with Crippen LogP contribution in [0.4, 0.5) is 22.7 Å². The largest absolute Gasteiger partial charge is 0.397 e. The van der Waals surface area contributed by atoms with Crippen molar-refractivity contribution in [2.24, 2.45) is 0 Å². The average Bonchev–Trinajstić information content (AvgIpc) is 2.38. The van der Waals surface area contributed by atoms with Gasteiger partial charge in [0.05, 0.1) is 22.7 Å². The fourth-order valence-electron chi connectivity index (χ4n) is 1.71. The van der Waals surface area contributed by atoms with Crippen molar-refractivity contribution in [3.8, 4) is 0 Å². The summed E-state index contributed by atoms with van der Waals surface area (Å²) in [5.74, 6) is 0. The topological polar surface area (TPSA) is 76.1 Å². The Bertz CT molecular complexity index is 463. The second-order valence-electron chi connectivity index (χ2n) is 4.03. The van der Waals surface area contributed by atoms with Gasteiger partial charge in [0.15, 0.2) is 0 Å². The summed E-state index contributed by atoms with van der Waals surface area (Å²) >= 11 is 0. The van der Waals surface area contributed by atoms with Crippen molar-refractivity contribution in [1.82, 2.24) is 0 Å². The van der Waals surface area contributed by atoms with Gasteiger partial charge in [-0.1, -0.05) is 24.3 Å². The van der Waals surface area contributed by atoms with Gasteiger partial charge in [-0.25, -0.2) is 0 Å². The highest BCUT2D eigenvalue weighted by Crippen LogP contribution is 2.17. The number of anilines is 4. The molecule has 0 aliphatic heterocycles. The number of nitrogens with two attached hydrogens (primary N) is 2. The number of rotatable bonds is 5. The first kappa shape index (κ1) is 12.1. The van der Waals surface area contributed by atoms with Crippen LogP contribution in [0.2, 0.25) is 0 Å². The molecular weight excluding hydrogens is 224 g/mol. The smallest absolute Gasteiger partial charge is 0.0574 e. The third-order valence-electron chi connectivity index (χ3n) is 2.68. The molecule has 0 spiro atoms. The molecule has 0 atom stereocenters. The molecule has 0 radical (unpaired) electrons. The highest BCUT2D eigenvalue weighted by molar-refractivity contribution is 5.67. The molecule has 0 bridgehead atoms. The first-order chi connectivity index (χ1) is 8.77. The average molecular weight is 242 g/mol. The lowest BCUT2D eigenvalue weighted by Crippen LogP contribution is -2.15. The summed E-state index contributed by atoms with van der Waals surface area (Å²) in [7, 11) is 0. The minimum atomic E-state index is 0.761. The van der Waals surface area contributed by atoms with Gasteiger partial charge in [0.1, 0.15) is 0 Å². The van der Waals surface area contributed by atoms with Crippen molar-refractivity contribution in [3.05, 3.63) is 48.5 Å². The van der Waals surface area contributed by atoms with Crippen LogP contribution in [0.3, 0.4) is 0 Å². The van der Waals surface area contributed by atoms with E-state index in [0.717, 1.165) is 35.8 Å². The summed E-state index contributed by atoms with van der Waals surface area (Å²) in [6.07, 6.45) is 0. The maximum Gasteiger partial charge on any atom is 0.0574 e. The summed E-state index contributed by atoms with van der Waals surface area (Å²) in [6, 6.07) is 15.4. The molecule has 0 aliphatic rings. The minimum Gasteiger partial charge on any atom is -0.397 e. The highest BCUT2D eigenvalue weighted by atomic mass is 15.0. The summed E-state index contributed by atoms with van der Waals surface area (Å²) in [5, 5.41) is 6.55. The molecule has 0 saturated carbocycles. The van der Waals surface area contributed by atoms with Gasteiger partial charge >= 0.3 is 0 Å². The van der Waals surface area contributed by atoms with Crippen LogP contribution in [0, 0.1) is 0 Å². The third-order valence-corrected chi connectivity index (χ3v) is 2.68. The SMILES string of the molecule is Nc1ccccc1NCCNc1ccccc1N. The Balaban J connectivity index is 1.80. The van der Waals surface area contributed by atoms with E-state index < -0.39 is 0 Å². The normalized spacial score (nSPS) is 10.0. The number of hydrogen-bond donors (Lipinski definition) is 4. The van der Waals surface area contributed by atoms with Gasteiger partial charge in [0, 0.05) is 13.1 Å². The highest BCUT2D eigenvalue weighted by Gasteiger charge is 1.97. The van der Waals surface area contributed by atoms with Gasteiger partial charge in [-0.05, 0) is 24.3 Å². The molecule has 0 amide bonds. The van der Waals surface area contributed by atoms with Crippen LogP contribution in [0.5, 0.6) is 0 Å². The van der Waals surface area contributed by atoms with E-state index in [1.165, 1.54) is 0 Å². The number of para-hydroxylation sites is 4. The first-order valence-electron chi connectivity index (χ1n) is 5.94. The van der Waals surface area contributed by atoms with E-state index in [4.69, 9.17) is 11.5 Å². The van der Waals surface area contributed by atoms with Crippen molar-refractivity contribution in [1.29, 1.82) is 0 Å². The lowest BCUT2D eigenvalue weighted by atomic mass is 10.2. The molecular formula is C14H18N4. The van der Waals surface area contributed by atoms with Crippen LogP contribution in [0.25, 0.3) is 0 Å². The molecule has 94 valence electrons. The van der Waals surface area contributed by atoms with Crippen LogP contribution in [0.1, 0.15) is 0 Å². The van der Waals surface area contributed by atoms with E-state index in [1.807, 2.05) is 48.5 Å². The Kier molecular flexibility index (Phi) is 3.91. The zero-order valence-electron chi connectivity index (χ0n) is 10.2. The van der Waals surface area contributed by atoms with Gasteiger partial charge in [-0.15, -0.1) is 0 Å². The molecule has 0 fully saturated rings. The van der Waals surface area contributed by atoms with Gasteiger partial charge in [-0.2, -0.15) is 0 Å². The summed E-state index contributed by atoms with van der Waals surface area (Å²) in [4.78, 5) is 0. The maximum atomic E-state index is 5.84.